The van der Waals surface area contributed by atoms with Crippen LogP contribution in [0.25, 0.3) is 0 Å². The summed E-state index contributed by atoms with van der Waals surface area (Å²) in [4.78, 5) is 13.9. The molecule has 0 spiro atoms. The lowest BCUT2D eigenvalue weighted by Gasteiger charge is -2.45. The molecule has 5 heteroatoms. The van der Waals surface area contributed by atoms with E-state index in [-0.39, 0.29) is 0 Å². The highest BCUT2D eigenvalue weighted by Crippen LogP contribution is 2.25. The summed E-state index contributed by atoms with van der Waals surface area (Å²) < 4.78 is 0. The Morgan fingerprint density at radius 1 is 0.485 bits per heavy atom. The number of piperazine rings is 1. The SMILES string of the molecule is CC(C)N1CCN(C2CCN(C(C)CCC(C)N3CCC(N4CCCCC4)CC3)CC2)CC1. The molecule has 0 aromatic rings. The Bertz CT molecular complexity index is 538. The summed E-state index contributed by atoms with van der Waals surface area (Å²) in [6, 6.07) is 3.92. The maximum atomic E-state index is 2.81. The molecule has 0 bridgehead atoms. The zero-order valence-electron chi connectivity index (χ0n) is 22.6. The van der Waals surface area contributed by atoms with Crippen molar-refractivity contribution in [2.75, 3.05) is 65.4 Å². The fourth-order valence-corrected chi connectivity index (χ4v) is 7.13. The van der Waals surface area contributed by atoms with E-state index >= 15 is 0 Å². The third-order valence-electron chi connectivity index (χ3n) is 9.75. The number of hydrogen-bond donors (Lipinski definition) is 0. The van der Waals surface area contributed by atoms with Gasteiger partial charge in [0, 0.05) is 56.4 Å². The molecule has 5 nitrogen and oxygen atoms in total. The van der Waals surface area contributed by atoms with Crippen molar-refractivity contribution in [3.63, 3.8) is 0 Å². The van der Waals surface area contributed by atoms with E-state index in [0.717, 1.165) is 24.2 Å². The van der Waals surface area contributed by atoms with E-state index in [0.29, 0.717) is 6.04 Å². The lowest BCUT2D eigenvalue weighted by Crippen LogP contribution is -2.55. The van der Waals surface area contributed by atoms with Crippen molar-refractivity contribution in [2.24, 2.45) is 0 Å². The highest BCUT2D eigenvalue weighted by molar-refractivity contribution is 4.87. The molecule has 4 fully saturated rings. The normalized spacial score (nSPS) is 29.0. The summed E-state index contributed by atoms with van der Waals surface area (Å²) in [7, 11) is 0. The van der Waals surface area contributed by atoms with Gasteiger partial charge in [0.2, 0.25) is 0 Å². The lowest BCUT2D eigenvalue weighted by molar-refractivity contribution is 0.0375. The quantitative estimate of drug-likeness (QED) is 0.542. The van der Waals surface area contributed by atoms with Crippen LogP contribution in [0.4, 0.5) is 0 Å². The molecule has 4 rings (SSSR count). The summed E-state index contributed by atoms with van der Waals surface area (Å²) in [5.41, 5.74) is 0. The van der Waals surface area contributed by atoms with Gasteiger partial charge in [0.15, 0.2) is 0 Å². The van der Waals surface area contributed by atoms with Crippen molar-refractivity contribution in [3.05, 3.63) is 0 Å². The van der Waals surface area contributed by atoms with E-state index < -0.39 is 0 Å². The minimum Gasteiger partial charge on any atom is -0.301 e. The van der Waals surface area contributed by atoms with Crippen LogP contribution in [-0.4, -0.2) is 120 Å². The standard InChI is InChI=1S/C28H55N5/c1-24(2)29-20-22-33(23-21-29)28-12-18-31(19-13-28)26(4)9-8-25(3)30-16-10-27(11-17-30)32-14-6-5-7-15-32/h24-28H,5-23H2,1-4H3. The van der Waals surface area contributed by atoms with Gasteiger partial charge >= 0.3 is 0 Å². The number of nitrogens with zero attached hydrogens (tertiary/aromatic N) is 5. The zero-order valence-corrected chi connectivity index (χ0v) is 22.6. The van der Waals surface area contributed by atoms with Crippen molar-refractivity contribution >= 4 is 0 Å². The molecule has 0 amide bonds. The zero-order chi connectivity index (χ0) is 23.2. The molecule has 0 aliphatic carbocycles. The largest absolute Gasteiger partial charge is 0.301 e. The van der Waals surface area contributed by atoms with Gasteiger partial charge in [-0.1, -0.05) is 6.42 Å². The van der Waals surface area contributed by atoms with Gasteiger partial charge in [-0.2, -0.15) is 0 Å². The van der Waals surface area contributed by atoms with Gasteiger partial charge in [0.1, 0.15) is 0 Å². The third-order valence-corrected chi connectivity index (χ3v) is 9.75. The predicted octanol–water partition coefficient (Wildman–Crippen LogP) is 3.98. The molecule has 0 aromatic carbocycles. The molecule has 2 atom stereocenters. The Hall–Kier alpha value is -0.200. The fraction of sp³-hybridized carbons (Fsp3) is 1.00. The monoisotopic (exact) mass is 461 g/mol. The van der Waals surface area contributed by atoms with Gasteiger partial charge in [-0.05, 0) is 118 Å². The predicted molar refractivity (Wildman–Crippen MR) is 141 cm³/mol. The molecular formula is C28H55N5. The third kappa shape index (κ3) is 7.16. The van der Waals surface area contributed by atoms with Crippen LogP contribution in [0.3, 0.4) is 0 Å². The van der Waals surface area contributed by atoms with Gasteiger partial charge < -0.3 is 14.7 Å². The first-order valence-electron chi connectivity index (χ1n) is 14.7. The van der Waals surface area contributed by atoms with Gasteiger partial charge in [-0.25, -0.2) is 0 Å². The second kappa shape index (κ2) is 12.7. The summed E-state index contributed by atoms with van der Waals surface area (Å²) in [5.74, 6) is 0. The topological polar surface area (TPSA) is 16.2 Å². The maximum absolute atomic E-state index is 2.81. The van der Waals surface area contributed by atoms with E-state index in [1.54, 1.807) is 0 Å². The summed E-state index contributed by atoms with van der Waals surface area (Å²) in [6.07, 6.45) is 12.6. The Morgan fingerprint density at radius 2 is 0.909 bits per heavy atom. The molecule has 33 heavy (non-hydrogen) atoms. The molecule has 4 aliphatic heterocycles. The minimum absolute atomic E-state index is 0.707. The molecule has 2 unspecified atom stereocenters. The van der Waals surface area contributed by atoms with Crippen molar-refractivity contribution in [1.29, 1.82) is 0 Å². The molecule has 4 heterocycles. The minimum atomic E-state index is 0.707. The smallest absolute Gasteiger partial charge is 0.0121 e. The molecule has 0 N–H and O–H groups in total. The number of piperidine rings is 3. The van der Waals surface area contributed by atoms with Gasteiger partial charge in [-0.3, -0.25) is 9.80 Å². The van der Waals surface area contributed by atoms with Crippen molar-refractivity contribution < 1.29 is 0 Å². The fourth-order valence-electron chi connectivity index (χ4n) is 7.13. The van der Waals surface area contributed by atoms with Crippen molar-refractivity contribution in [2.45, 2.75) is 116 Å². The second-order valence-electron chi connectivity index (χ2n) is 12.1. The Morgan fingerprint density at radius 3 is 1.33 bits per heavy atom. The molecule has 192 valence electrons. The summed E-state index contributed by atoms with van der Waals surface area (Å²) in [6.45, 7) is 22.8. The highest BCUT2D eigenvalue weighted by atomic mass is 15.3. The van der Waals surface area contributed by atoms with Crippen LogP contribution >= 0.6 is 0 Å². The van der Waals surface area contributed by atoms with Gasteiger partial charge in [0.25, 0.3) is 0 Å². The van der Waals surface area contributed by atoms with E-state index in [9.17, 15) is 0 Å². The van der Waals surface area contributed by atoms with Crippen LogP contribution in [0, 0.1) is 0 Å². The first kappa shape index (κ1) is 25.9. The van der Waals surface area contributed by atoms with Crippen LogP contribution < -0.4 is 0 Å². The average Bonchev–Trinajstić information content (AvgIpc) is 2.88. The number of likely N-dealkylation sites (tertiary alicyclic amines) is 3. The Balaban J connectivity index is 1.11. The van der Waals surface area contributed by atoms with Crippen LogP contribution in [-0.2, 0) is 0 Å². The Labute approximate surface area is 205 Å². The van der Waals surface area contributed by atoms with Crippen LogP contribution in [0.1, 0.15) is 85.5 Å². The second-order valence-corrected chi connectivity index (χ2v) is 12.1. The van der Waals surface area contributed by atoms with E-state index in [1.165, 1.54) is 123 Å². The van der Waals surface area contributed by atoms with Crippen molar-refractivity contribution in [1.82, 2.24) is 24.5 Å². The molecule has 0 radical (unpaired) electrons. The molecule has 4 saturated heterocycles. The number of rotatable bonds is 8. The first-order chi connectivity index (χ1) is 16.0. The van der Waals surface area contributed by atoms with E-state index in [1.807, 2.05) is 0 Å². The maximum Gasteiger partial charge on any atom is 0.0121 e. The molecule has 4 aliphatic rings. The lowest BCUT2D eigenvalue weighted by atomic mass is 9.96. The number of hydrogen-bond acceptors (Lipinski definition) is 5. The average molecular weight is 462 g/mol. The highest BCUT2D eigenvalue weighted by Gasteiger charge is 2.31. The van der Waals surface area contributed by atoms with E-state index in [2.05, 4.69) is 52.2 Å². The van der Waals surface area contributed by atoms with Gasteiger partial charge in [-0.15, -0.1) is 0 Å². The Kier molecular flexibility index (Phi) is 9.93. The molecular weight excluding hydrogens is 406 g/mol. The first-order valence-corrected chi connectivity index (χ1v) is 14.7. The van der Waals surface area contributed by atoms with Crippen LogP contribution in [0.2, 0.25) is 0 Å². The van der Waals surface area contributed by atoms with Crippen LogP contribution in [0.15, 0.2) is 0 Å². The van der Waals surface area contributed by atoms with Gasteiger partial charge in [0.05, 0.1) is 0 Å². The van der Waals surface area contributed by atoms with Crippen LogP contribution in [0.5, 0.6) is 0 Å². The van der Waals surface area contributed by atoms with E-state index in [4.69, 9.17) is 0 Å². The van der Waals surface area contributed by atoms with Crippen molar-refractivity contribution in [3.8, 4) is 0 Å². The molecule has 0 saturated carbocycles. The molecule has 0 aromatic heterocycles. The summed E-state index contributed by atoms with van der Waals surface area (Å²) in [5, 5.41) is 0. The summed E-state index contributed by atoms with van der Waals surface area (Å²) >= 11 is 0.